The Morgan fingerprint density at radius 2 is 2.00 bits per heavy atom. The molecule has 0 saturated carbocycles. The first-order valence-corrected chi connectivity index (χ1v) is 7.60. The molecule has 20 heavy (non-hydrogen) atoms. The largest absolute Gasteiger partial charge is 0.468 e. The molecule has 112 valence electrons. The van der Waals surface area contributed by atoms with Gasteiger partial charge in [-0.05, 0) is 13.8 Å². The topological polar surface area (TPSA) is 64.1 Å². The molecule has 0 aliphatic heterocycles. The summed E-state index contributed by atoms with van der Waals surface area (Å²) in [5, 5.41) is 4.07. The molecule has 1 heterocycles. The van der Waals surface area contributed by atoms with Gasteiger partial charge in [0.2, 0.25) is 0 Å². The van der Waals surface area contributed by atoms with Gasteiger partial charge in [-0.1, -0.05) is 32.5 Å². The summed E-state index contributed by atoms with van der Waals surface area (Å²) in [5.74, 6) is 1.60. The van der Waals surface area contributed by atoms with Crippen LogP contribution in [0.15, 0.2) is 5.03 Å². The van der Waals surface area contributed by atoms with Crippen molar-refractivity contribution in [1.82, 2.24) is 9.97 Å². The Morgan fingerprint density at radius 3 is 2.50 bits per heavy atom. The number of hydrogen-bond acceptors (Lipinski definition) is 6. The van der Waals surface area contributed by atoms with Gasteiger partial charge in [0.05, 0.1) is 12.9 Å². The van der Waals surface area contributed by atoms with Crippen LogP contribution in [0.3, 0.4) is 0 Å². The van der Waals surface area contributed by atoms with Crippen molar-refractivity contribution in [2.75, 3.05) is 24.7 Å². The van der Waals surface area contributed by atoms with Gasteiger partial charge in [-0.2, -0.15) is 0 Å². The number of esters is 1. The minimum absolute atomic E-state index is 0.140. The summed E-state index contributed by atoms with van der Waals surface area (Å²) < 4.78 is 4.67. The molecule has 0 bridgehead atoms. The molecule has 0 amide bonds. The molecule has 0 spiro atoms. The zero-order chi connectivity index (χ0) is 15.3. The van der Waals surface area contributed by atoms with E-state index in [1.807, 2.05) is 13.8 Å². The Labute approximate surface area is 124 Å². The normalized spacial score (nSPS) is 11.3. The van der Waals surface area contributed by atoms with Gasteiger partial charge in [0.25, 0.3) is 0 Å². The highest BCUT2D eigenvalue weighted by molar-refractivity contribution is 7.99. The molecule has 1 N–H and O–H groups in total. The molecule has 0 aliphatic rings. The van der Waals surface area contributed by atoms with Crippen molar-refractivity contribution in [3.05, 3.63) is 11.4 Å². The Morgan fingerprint density at radius 1 is 1.35 bits per heavy atom. The first kappa shape index (κ1) is 16.8. The molecule has 6 heteroatoms. The van der Waals surface area contributed by atoms with Gasteiger partial charge < -0.3 is 10.1 Å². The van der Waals surface area contributed by atoms with Crippen LogP contribution < -0.4 is 5.32 Å². The van der Waals surface area contributed by atoms with Crippen molar-refractivity contribution in [1.29, 1.82) is 0 Å². The van der Waals surface area contributed by atoms with Crippen LogP contribution >= 0.6 is 11.8 Å². The number of anilines is 1. The van der Waals surface area contributed by atoms with Crippen molar-refractivity contribution in [3.63, 3.8) is 0 Å². The number of rotatable bonds is 5. The Hall–Kier alpha value is -1.30. The van der Waals surface area contributed by atoms with Gasteiger partial charge in [-0.3, -0.25) is 4.79 Å². The second-order valence-corrected chi connectivity index (χ2v) is 6.44. The maximum Gasteiger partial charge on any atom is 0.316 e. The lowest BCUT2D eigenvalue weighted by atomic mass is 9.95. The van der Waals surface area contributed by atoms with Crippen molar-refractivity contribution < 1.29 is 9.53 Å². The molecule has 1 aromatic heterocycles. The maximum absolute atomic E-state index is 11.3. The number of methoxy groups -OCH3 is 1. The summed E-state index contributed by atoms with van der Waals surface area (Å²) in [4.78, 5) is 20.5. The quantitative estimate of drug-likeness (QED) is 0.512. The van der Waals surface area contributed by atoms with Gasteiger partial charge in [-0.15, -0.1) is 0 Å². The van der Waals surface area contributed by atoms with E-state index >= 15 is 0 Å². The van der Waals surface area contributed by atoms with Crippen molar-refractivity contribution in [2.45, 2.75) is 45.1 Å². The zero-order valence-electron chi connectivity index (χ0n) is 13.0. The van der Waals surface area contributed by atoms with Crippen LogP contribution in [-0.4, -0.2) is 35.3 Å². The number of ether oxygens (including phenoxy) is 1. The van der Waals surface area contributed by atoms with E-state index in [-0.39, 0.29) is 17.1 Å². The molecule has 1 aromatic rings. The molecule has 0 aromatic carbocycles. The summed E-state index contributed by atoms with van der Waals surface area (Å²) in [6, 6.07) is 0. The highest BCUT2D eigenvalue weighted by Gasteiger charge is 2.21. The number of thioether (sulfide) groups is 1. The number of nitrogens with zero attached hydrogens (tertiary/aromatic N) is 2. The van der Waals surface area contributed by atoms with E-state index in [9.17, 15) is 4.79 Å². The Kier molecular flexibility index (Phi) is 5.80. The smallest absolute Gasteiger partial charge is 0.316 e. The van der Waals surface area contributed by atoms with E-state index in [0.29, 0.717) is 0 Å². The van der Waals surface area contributed by atoms with E-state index in [1.165, 1.54) is 18.9 Å². The number of aromatic nitrogens is 2. The summed E-state index contributed by atoms with van der Waals surface area (Å²) in [6.07, 6.45) is 0. The second-order valence-electron chi connectivity index (χ2n) is 5.47. The Bertz CT molecular complexity index is 484. The van der Waals surface area contributed by atoms with Crippen LogP contribution in [0.5, 0.6) is 0 Å². The fraction of sp³-hybridized carbons (Fsp3) is 0.643. The third kappa shape index (κ3) is 4.37. The first-order valence-electron chi connectivity index (χ1n) is 6.62. The highest BCUT2D eigenvalue weighted by atomic mass is 32.2. The average Bonchev–Trinajstić information content (AvgIpc) is 2.38. The van der Waals surface area contributed by atoms with Crippen LogP contribution in [0.1, 0.15) is 39.1 Å². The number of carbonyl (C=O) groups excluding carboxylic acids is 1. The van der Waals surface area contributed by atoms with Crippen molar-refractivity contribution >= 4 is 23.5 Å². The lowest BCUT2D eigenvalue weighted by molar-refractivity contribution is -0.137. The molecular weight excluding hydrogens is 274 g/mol. The molecule has 0 radical (unpaired) electrons. The van der Waals surface area contributed by atoms with Crippen LogP contribution in [-0.2, 0) is 14.9 Å². The Balaban J connectivity index is 3.13. The first-order chi connectivity index (χ1) is 9.29. The van der Waals surface area contributed by atoms with Gasteiger partial charge in [-0.25, -0.2) is 9.97 Å². The summed E-state index contributed by atoms with van der Waals surface area (Å²) in [6.45, 7) is 11.0. The summed E-state index contributed by atoms with van der Waals surface area (Å²) >= 11 is 1.38. The number of nitrogens with one attached hydrogen (secondary N) is 1. The lowest BCUT2D eigenvalue weighted by Gasteiger charge is -2.20. The van der Waals surface area contributed by atoms with Crippen molar-refractivity contribution in [2.24, 2.45) is 0 Å². The van der Waals surface area contributed by atoms with E-state index < -0.39 is 0 Å². The monoisotopic (exact) mass is 297 g/mol. The third-order valence-corrected chi connectivity index (χ3v) is 3.72. The zero-order valence-corrected chi connectivity index (χ0v) is 13.8. The SMILES string of the molecule is CCNc1nc(C(C)(C)C)nc(SCC(=O)OC)c1C. The van der Waals surface area contributed by atoms with E-state index in [4.69, 9.17) is 0 Å². The van der Waals surface area contributed by atoms with Crippen LogP contribution in [0, 0.1) is 6.92 Å². The molecule has 5 nitrogen and oxygen atoms in total. The van der Waals surface area contributed by atoms with Crippen LogP contribution in [0.25, 0.3) is 0 Å². The van der Waals surface area contributed by atoms with Crippen LogP contribution in [0.2, 0.25) is 0 Å². The van der Waals surface area contributed by atoms with E-state index in [1.54, 1.807) is 0 Å². The van der Waals surface area contributed by atoms with Gasteiger partial charge in [0.1, 0.15) is 16.7 Å². The highest BCUT2D eigenvalue weighted by Crippen LogP contribution is 2.29. The number of carbonyl (C=O) groups is 1. The van der Waals surface area contributed by atoms with Gasteiger partial charge >= 0.3 is 5.97 Å². The van der Waals surface area contributed by atoms with E-state index in [2.05, 4.69) is 40.8 Å². The summed E-state index contributed by atoms with van der Waals surface area (Å²) in [7, 11) is 1.39. The molecule has 0 unspecified atom stereocenters. The maximum atomic E-state index is 11.3. The lowest BCUT2D eigenvalue weighted by Crippen LogP contribution is -2.19. The fourth-order valence-electron chi connectivity index (χ4n) is 1.50. The van der Waals surface area contributed by atoms with E-state index in [0.717, 1.165) is 28.8 Å². The summed E-state index contributed by atoms with van der Waals surface area (Å²) in [5.41, 5.74) is 0.826. The molecule has 1 rings (SSSR count). The molecule has 0 aliphatic carbocycles. The fourth-order valence-corrected chi connectivity index (χ4v) is 2.33. The molecule has 0 saturated heterocycles. The predicted octanol–water partition coefficient (Wildman–Crippen LogP) is 2.78. The standard InChI is InChI=1S/C14H23N3O2S/c1-7-15-11-9(2)12(20-8-10(18)19-6)17-13(16-11)14(3,4)5/h7-8H2,1-6H3,(H,15,16,17). The van der Waals surface area contributed by atoms with Gasteiger partial charge in [0, 0.05) is 17.5 Å². The molecular formula is C14H23N3O2S. The third-order valence-electron chi connectivity index (χ3n) is 2.67. The van der Waals surface area contributed by atoms with Crippen LogP contribution in [0.4, 0.5) is 5.82 Å². The number of hydrogen-bond donors (Lipinski definition) is 1. The predicted molar refractivity (Wildman–Crippen MR) is 82.4 cm³/mol. The minimum Gasteiger partial charge on any atom is -0.468 e. The molecule has 0 atom stereocenters. The van der Waals surface area contributed by atoms with Gasteiger partial charge in [0.15, 0.2) is 0 Å². The minimum atomic E-state index is -0.254. The average molecular weight is 297 g/mol. The molecule has 0 fully saturated rings. The van der Waals surface area contributed by atoms with Crippen molar-refractivity contribution in [3.8, 4) is 0 Å². The second kappa shape index (κ2) is 6.92.